The van der Waals surface area contributed by atoms with Gasteiger partial charge in [0.15, 0.2) is 0 Å². The minimum Gasteiger partial charge on any atom is -0.368 e. The zero-order valence-electron chi connectivity index (χ0n) is 10.9. The van der Waals surface area contributed by atoms with Gasteiger partial charge in [-0.25, -0.2) is 0 Å². The number of anilines is 1. The summed E-state index contributed by atoms with van der Waals surface area (Å²) in [6.07, 6.45) is 1.90. The summed E-state index contributed by atoms with van der Waals surface area (Å²) < 4.78 is 0. The number of primary amides is 1. The molecule has 0 radical (unpaired) electrons. The Kier molecular flexibility index (Phi) is 4.20. The first-order chi connectivity index (χ1) is 8.72. The molecule has 1 aromatic carbocycles. The molecule has 1 fully saturated rings. The number of carbonyl (C=O) groups excluding carboxylic acids is 1. The van der Waals surface area contributed by atoms with Crippen LogP contribution in [0.1, 0.15) is 25.3 Å². The molecule has 1 heterocycles. The summed E-state index contributed by atoms with van der Waals surface area (Å²) in [7, 11) is 0. The van der Waals surface area contributed by atoms with E-state index in [-0.39, 0.29) is 11.9 Å². The molecule has 4 heteroatoms. The summed E-state index contributed by atoms with van der Waals surface area (Å²) in [6.45, 7) is 4.86. The molecule has 1 saturated heterocycles. The van der Waals surface area contributed by atoms with Gasteiger partial charge in [0.1, 0.15) is 6.04 Å². The van der Waals surface area contributed by atoms with E-state index in [4.69, 9.17) is 5.73 Å². The van der Waals surface area contributed by atoms with Gasteiger partial charge in [0.25, 0.3) is 0 Å². The van der Waals surface area contributed by atoms with Crippen LogP contribution in [-0.4, -0.2) is 25.0 Å². The van der Waals surface area contributed by atoms with E-state index >= 15 is 0 Å². The predicted molar refractivity (Wildman–Crippen MR) is 73.4 cm³/mol. The van der Waals surface area contributed by atoms with Crippen molar-refractivity contribution in [3.8, 4) is 0 Å². The fourth-order valence-corrected chi connectivity index (χ4v) is 2.45. The van der Waals surface area contributed by atoms with Gasteiger partial charge < -0.3 is 16.0 Å². The van der Waals surface area contributed by atoms with E-state index in [9.17, 15) is 4.79 Å². The smallest absolute Gasteiger partial charge is 0.240 e. The van der Waals surface area contributed by atoms with Gasteiger partial charge in [0.05, 0.1) is 0 Å². The van der Waals surface area contributed by atoms with Crippen LogP contribution >= 0.6 is 0 Å². The van der Waals surface area contributed by atoms with Crippen molar-refractivity contribution < 1.29 is 4.79 Å². The molecular weight excluding hydrogens is 226 g/mol. The fraction of sp³-hybridized carbons (Fsp3) is 0.500. The molecule has 1 atom stereocenters. The molecule has 98 valence electrons. The molecule has 1 aromatic rings. The Morgan fingerprint density at radius 2 is 2.17 bits per heavy atom. The lowest BCUT2D eigenvalue weighted by atomic mass is 10.1. The van der Waals surface area contributed by atoms with Gasteiger partial charge in [-0.1, -0.05) is 19.1 Å². The molecule has 1 aliphatic rings. The maximum Gasteiger partial charge on any atom is 0.240 e. The van der Waals surface area contributed by atoms with Crippen molar-refractivity contribution in [1.29, 1.82) is 0 Å². The lowest BCUT2D eigenvalue weighted by Crippen LogP contribution is -2.40. The molecule has 0 aromatic heterocycles. The second-order valence-corrected chi connectivity index (χ2v) is 4.70. The molecule has 1 amide bonds. The average molecular weight is 247 g/mol. The van der Waals surface area contributed by atoms with Gasteiger partial charge >= 0.3 is 0 Å². The topological polar surface area (TPSA) is 58.4 Å². The van der Waals surface area contributed by atoms with E-state index in [0.29, 0.717) is 0 Å². The van der Waals surface area contributed by atoms with Crippen LogP contribution in [0.4, 0.5) is 5.69 Å². The maximum atomic E-state index is 11.4. The molecule has 0 bridgehead atoms. The Balaban J connectivity index is 2.06. The van der Waals surface area contributed by atoms with Crippen LogP contribution in [0.15, 0.2) is 24.3 Å². The fourth-order valence-electron chi connectivity index (χ4n) is 2.45. The molecule has 0 saturated carbocycles. The van der Waals surface area contributed by atoms with Crippen molar-refractivity contribution in [2.24, 2.45) is 5.73 Å². The zero-order chi connectivity index (χ0) is 13.0. The van der Waals surface area contributed by atoms with E-state index < -0.39 is 0 Å². The van der Waals surface area contributed by atoms with Gasteiger partial charge in [0.2, 0.25) is 5.91 Å². The molecule has 1 aliphatic heterocycles. The minimum atomic E-state index is -0.218. The summed E-state index contributed by atoms with van der Waals surface area (Å²) in [5.74, 6) is -0.218. The van der Waals surface area contributed by atoms with Crippen LogP contribution < -0.4 is 16.0 Å². The third-order valence-electron chi connectivity index (χ3n) is 3.43. The number of hydrogen-bond donors (Lipinski definition) is 2. The quantitative estimate of drug-likeness (QED) is 0.823. The number of rotatable bonds is 5. The van der Waals surface area contributed by atoms with Gasteiger partial charge in [-0.3, -0.25) is 4.79 Å². The number of benzene rings is 1. The first-order valence-electron chi connectivity index (χ1n) is 6.58. The van der Waals surface area contributed by atoms with Crippen LogP contribution in [0, 0.1) is 0 Å². The molecule has 0 spiro atoms. The number of hydrogen-bond acceptors (Lipinski definition) is 3. The lowest BCUT2D eigenvalue weighted by Gasteiger charge is -2.24. The van der Waals surface area contributed by atoms with Crippen LogP contribution in [0.3, 0.4) is 0 Å². The van der Waals surface area contributed by atoms with Gasteiger partial charge in [-0.2, -0.15) is 0 Å². The van der Waals surface area contributed by atoms with E-state index in [2.05, 4.69) is 41.4 Å². The average Bonchev–Trinajstić information content (AvgIpc) is 2.86. The van der Waals surface area contributed by atoms with Crippen LogP contribution in [0.25, 0.3) is 0 Å². The van der Waals surface area contributed by atoms with Crippen molar-refractivity contribution in [3.63, 3.8) is 0 Å². The standard InChI is InChI=1S/C14H21N3O/c1-2-16-10-11-5-7-12(8-6-11)17-9-3-4-13(17)14(15)18/h5-8,13,16H,2-4,9-10H2,1H3,(H2,15,18). The van der Waals surface area contributed by atoms with Gasteiger partial charge in [-0.05, 0) is 37.1 Å². The zero-order valence-corrected chi connectivity index (χ0v) is 10.9. The summed E-state index contributed by atoms with van der Waals surface area (Å²) in [5.41, 5.74) is 7.78. The second kappa shape index (κ2) is 5.87. The monoisotopic (exact) mass is 247 g/mol. The Labute approximate surface area is 108 Å². The summed E-state index contributed by atoms with van der Waals surface area (Å²) in [4.78, 5) is 13.5. The van der Waals surface area contributed by atoms with E-state index in [0.717, 1.165) is 38.2 Å². The normalized spacial score (nSPS) is 19.2. The first kappa shape index (κ1) is 12.9. The molecular formula is C14H21N3O. The van der Waals surface area contributed by atoms with Gasteiger partial charge in [-0.15, -0.1) is 0 Å². The third kappa shape index (κ3) is 2.82. The van der Waals surface area contributed by atoms with Crippen LogP contribution in [0.5, 0.6) is 0 Å². The Morgan fingerprint density at radius 1 is 1.44 bits per heavy atom. The Morgan fingerprint density at radius 3 is 2.78 bits per heavy atom. The van der Waals surface area contributed by atoms with Crippen LogP contribution in [0.2, 0.25) is 0 Å². The minimum absolute atomic E-state index is 0.135. The summed E-state index contributed by atoms with van der Waals surface area (Å²) in [5, 5.41) is 3.29. The van der Waals surface area contributed by atoms with E-state index in [1.807, 2.05) is 0 Å². The molecule has 18 heavy (non-hydrogen) atoms. The number of nitrogens with one attached hydrogen (secondary N) is 1. The summed E-state index contributed by atoms with van der Waals surface area (Å²) >= 11 is 0. The highest BCUT2D eigenvalue weighted by Gasteiger charge is 2.28. The van der Waals surface area contributed by atoms with Crippen molar-refractivity contribution in [1.82, 2.24) is 5.32 Å². The molecule has 1 unspecified atom stereocenters. The van der Waals surface area contributed by atoms with E-state index in [1.54, 1.807) is 0 Å². The highest BCUT2D eigenvalue weighted by molar-refractivity contribution is 5.84. The van der Waals surface area contributed by atoms with Crippen LogP contribution in [-0.2, 0) is 11.3 Å². The number of nitrogens with two attached hydrogens (primary N) is 1. The number of amides is 1. The highest BCUT2D eigenvalue weighted by atomic mass is 16.1. The first-order valence-corrected chi connectivity index (χ1v) is 6.58. The largest absolute Gasteiger partial charge is 0.368 e. The predicted octanol–water partition coefficient (Wildman–Crippen LogP) is 1.25. The van der Waals surface area contributed by atoms with Crippen molar-refractivity contribution >= 4 is 11.6 Å². The Hall–Kier alpha value is -1.55. The summed E-state index contributed by atoms with van der Waals surface area (Å²) in [6, 6.07) is 8.23. The Bertz CT molecular complexity index is 402. The molecule has 2 rings (SSSR count). The van der Waals surface area contributed by atoms with Crippen molar-refractivity contribution in [3.05, 3.63) is 29.8 Å². The third-order valence-corrected chi connectivity index (χ3v) is 3.43. The second-order valence-electron chi connectivity index (χ2n) is 4.70. The molecule has 3 N–H and O–H groups in total. The van der Waals surface area contributed by atoms with Gasteiger partial charge in [0, 0.05) is 18.8 Å². The lowest BCUT2D eigenvalue weighted by molar-refractivity contribution is -0.119. The van der Waals surface area contributed by atoms with Crippen molar-refractivity contribution in [2.75, 3.05) is 18.0 Å². The SMILES string of the molecule is CCNCc1ccc(N2CCCC2C(N)=O)cc1. The number of nitrogens with zero attached hydrogens (tertiary/aromatic N) is 1. The van der Waals surface area contributed by atoms with Crippen molar-refractivity contribution in [2.45, 2.75) is 32.4 Å². The maximum absolute atomic E-state index is 11.4. The number of carbonyl (C=O) groups is 1. The van der Waals surface area contributed by atoms with E-state index in [1.165, 1.54) is 5.56 Å². The molecule has 0 aliphatic carbocycles. The molecule has 4 nitrogen and oxygen atoms in total. The highest BCUT2D eigenvalue weighted by Crippen LogP contribution is 2.25.